The van der Waals surface area contributed by atoms with Gasteiger partial charge in [0.15, 0.2) is 6.61 Å². The summed E-state index contributed by atoms with van der Waals surface area (Å²) in [7, 11) is 0. The van der Waals surface area contributed by atoms with Crippen LogP contribution in [0.25, 0.3) is 11.4 Å². The topological polar surface area (TPSA) is 65.2 Å². The van der Waals surface area contributed by atoms with Crippen molar-refractivity contribution in [3.63, 3.8) is 0 Å². The van der Waals surface area contributed by atoms with Crippen LogP contribution < -0.4 is 0 Å². The Morgan fingerprint density at radius 1 is 1.29 bits per heavy atom. The number of nitrogens with zero attached hydrogens (tertiary/aromatic N) is 2. The van der Waals surface area contributed by atoms with Crippen LogP contribution >= 0.6 is 11.6 Å². The lowest BCUT2D eigenvalue weighted by molar-refractivity contribution is 0.0429. The van der Waals surface area contributed by atoms with Crippen LogP contribution in [0.2, 0.25) is 5.02 Å². The summed E-state index contributed by atoms with van der Waals surface area (Å²) in [5.74, 6) is -0.669. The van der Waals surface area contributed by atoms with E-state index in [1.165, 1.54) is 12.1 Å². The normalized spacial score (nSPS) is 10.6. The molecular weight excluding hydrogens is 335 g/mol. The van der Waals surface area contributed by atoms with E-state index in [4.69, 9.17) is 20.9 Å². The zero-order chi connectivity index (χ0) is 17.1. The number of benzene rings is 2. The number of hydrogen-bond acceptors (Lipinski definition) is 5. The van der Waals surface area contributed by atoms with Gasteiger partial charge in [0.25, 0.3) is 5.89 Å². The van der Waals surface area contributed by atoms with Crippen LogP contribution in [0.3, 0.4) is 0 Å². The predicted octanol–water partition coefficient (Wildman–Crippen LogP) is 4.19. The quantitative estimate of drug-likeness (QED) is 0.662. The highest BCUT2D eigenvalue weighted by Crippen LogP contribution is 2.20. The van der Waals surface area contributed by atoms with Gasteiger partial charge in [-0.15, -0.1) is 0 Å². The number of aromatic nitrogens is 2. The number of aryl methyl sites for hydroxylation is 1. The van der Waals surface area contributed by atoms with E-state index >= 15 is 0 Å². The number of carbonyl (C=O) groups excluding carboxylic acids is 1. The van der Waals surface area contributed by atoms with Gasteiger partial charge in [0, 0.05) is 10.6 Å². The molecule has 0 aliphatic rings. The van der Waals surface area contributed by atoms with Gasteiger partial charge in [-0.3, -0.25) is 0 Å². The molecule has 0 N–H and O–H groups in total. The minimum atomic E-state index is -0.670. The first-order chi connectivity index (χ1) is 11.5. The molecule has 0 saturated carbocycles. The van der Waals surface area contributed by atoms with Gasteiger partial charge in [0.2, 0.25) is 5.82 Å². The molecule has 0 radical (unpaired) electrons. The van der Waals surface area contributed by atoms with E-state index in [-0.39, 0.29) is 18.1 Å². The van der Waals surface area contributed by atoms with Crippen molar-refractivity contribution in [2.75, 3.05) is 0 Å². The Hall–Kier alpha value is -2.73. The summed E-state index contributed by atoms with van der Waals surface area (Å²) in [6.07, 6.45) is 0. The van der Waals surface area contributed by atoms with Crippen molar-refractivity contribution in [1.82, 2.24) is 10.1 Å². The third-order valence-electron chi connectivity index (χ3n) is 3.29. The summed E-state index contributed by atoms with van der Waals surface area (Å²) in [5.41, 5.74) is 1.26. The van der Waals surface area contributed by atoms with Crippen LogP contribution in [0, 0.1) is 12.7 Å². The maximum atomic E-state index is 13.5. The van der Waals surface area contributed by atoms with Gasteiger partial charge in [-0.25, -0.2) is 9.18 Å². The van der Waals surface area contributed by atoms with Crippen molar-refractivity contribution >= 4 is 17.6 Å². The number of halogens is 2. The third-order valence-corrected chi connectivity index (χ3v) is 3.52. The van der Waals surface area contributed by atoms with Crippen LogP contribution in [-0.2, 0) is 11.3 Å². The standard InChI is InChI=1S/C17H12ClFN2O3/c1-10-5-6-12(8-14(10)19)17(22)23-9-15-20-16(21-24-15)11-3-2-4-13(18)7-11/h2-8H,9H2,1H3. The van der Waals surface area contributed by atoms with Crippen LogP contribution in [0.15, 0.2) is 47.0 Å². The zero-order valence-electron chi connectivity index (χ0n) is 12.6. The third kappa shape index (κ3) is 3.60. The van der Waals surface area contributed by atoms with Crippen LogP contribution in [0.1, 0.15) is 21.8 Å². The maximum Gasteiger partial charge on any atom is 0.338 e. The molecule has 0 fully saturated rings. The second-order valence-corrected chi connectivity index (χ2v) is 5.50. The fourth-order valence-electron chi connectivity index (χ4n) is 1.99. The van der Waals surface area contributed by atoms with Crippen molar-refractivity contribution in [3.05, 3.63) is 70.3 Å². The summed E-state index contributed by atoms with van der Waals surface area (Å²) >= 11 is 5.91. The fraction of sp³-hybridized carbons (Fsp3) is 0.118. The maximum absolute atomic E-state index is 13.5. The van der Waals surface area contributed by atoms with E-state index < -0.39 is 11.8 Å². The van der Waals surface area contributed by atoms with Crippen molar-refractivity contribution in [2.45, 2.75) is 13.5 Å². The monoisotopic (exact) mass is 346 g/mol. The molecule has 0 saturated heterocycles. The summed E-state index contributed by atoms with van der Waals surface area (Å²) in [5, 5.41) is 4.36. The molecule has 0 spiro atoms. The van der Waals surface area contributed by atoms with E-state index in [2.05, 4.69) is 10.1 Å². The Balaban J connectivity index is 1.67. The molecule has 5 nitrogen and oxygen atoms in total. The molecule has 1 heterocycles. The molecule has 0 aliphatic heterocycles. The van der Waals surface area contributed by atoms with Gasteiger partial charge >= 0.3 is 5.97 Å². The second-order valence-electron chi connectivity index (χ2n) is 5.06. The van der Waals surface area contributed by atoms with E-state index in [9.17, 15) is 9.18 Å². The summed E-state index contributed by atoms with van der Waals surface area (Å²) in [6.45, 7) is 1.40. The molecule has 0 atom stereocenters. The van der Waals surface area contributed by atoms with Crippen LogP contribution in [-0.4, -0.2) is 16.1 Å². The lowest BCUT2D eigenvalue weighted by Gasteiger charge is -2.03. The molecule has 3 aromatic rings. The fourth-order valence-corrected chi connectivity index (χ4v) is 2.18. The first kappa shape index (κ1) is 16.1. The number of carbonyl (C=O) groups is 1. The summed E-state index contributed by atoms with van der Waals surface area (Å²) in [4.78, 5) is 16.0. The second kappa shape index (κ2) is 6.80. The Morgan fingerprint density at radius 3 is 2.88 bits per heavy atom. The van der Waals surface area contributed by atoms with E-state index in [1.54, 1.807) is 31.2 Å². The highest BCUT2D eigenvalue weighted by Gasteiger charge is 2.13. The summed E-state index contributed by atoms with van der Waals surface area (Å²) in [6, 6.07) is 11.1. The molecule has 0 amide bonds. The van der Waals surface area contributed by atoms with Crippen LogP contribution in [0.4, 0.5) is 4.39 Å². The Morgan fingerprint density at radius 2 is 2.12 bits per heavy atom. The van der Waals surface area contributed by atoms with Crippen molar-refractivity contribution < 1.29 is 18.4 Å². The van der Waals surface area contributed by atoms with E-state index in [1.807, 2.05) is 0 Å². The Labute approximate surface area is 142 Å². The van der Waals surface area contributed by atoms with Crippen LogP contribution in [0.5, 0.6) is 0 Å². The van der Waals surface area contributed by atoms with E-state index in [0.717, 1.165) is 6.07 Å². The lowest BCUT2D eigenvalue weighted by atomic mass is 10.1. The van der Waals surface area contributed by atoms with Gasteiger partial charge in [0.1, 0.15) is 5.82 Å². The lowest BCUT2D eigenvalue weighted by Crippen LogP contribution is -2.06. The minimum absolute atomic E-state index is 0.118. The number of esters is 1. The average Bonchev–Trinajstić information content (AvgIpc) is 3.04. The summed E-state index contributed by atoms with van der Waals surface area (Å²) < 4.78 is 23.6. The van der Waals surface area contributed by atoms with Crippen molar-refractivity contribution in [1.29, 1.82) is 0 Å². The zero-order valence-corrected chi connectivity index (χ0v) is 13.4. The van der Waals surface area contributed by atoms with Gasteiger partial charge in [-0.05, 0) is 36.8 Å². The molecule has 1 aromatic heterocycles. The Kier molecular flexibility index (Phi) is 4.57. The van der Waals surface area contributed by atoms with Crippen molar-refractivity contribution in [3.8, 4) is 11.4 Å². The largest absolute Gasteiger partial charge is 0.452 e. The smallest absolute Gasteiger partial charge is 0.338 e. The SMILES string of the molecule is Cc1ccc(C(=O)OCc2nc(-c3cccc(Cl)c3)no2)cc1F. The molecule has 0 aliphatic carbocycles. The first-order valence-electron chi connectivity index (χ1n) is 7.05. The van der Waals surface area contributed by atoms with Gasteiger partial charge in [-0.2, -0.15) is 4.98 Å². The first-order valence-corrected chi connectivity index (χ1v) is 7.42. The van der Waals surface area contributed by atoms with Gasteiger partial charge in [0.05, 0.1) is 5.56 Å². The minimum Gasteiger partial charge on any atom is -0.452 e. The number of rotatable bonds is 4. The number of hydrogen-bond donors (Lipinski definition) is 0. The average molecular weight is 347 g/mol. The molecule has 0 unspecified atom stereocenters. The Bertz CT molecular complexity index is 895. The molecule has 0 bridgehead atoms. The molecule has 24 heavy (non-hydrogen) atoms. The molecule has 3 rings (SSSR count). The molecular formula is C17H12ClFN2O3. The molecule has 7 heteroatoms. The van der Waals surface area contributed by atoms with E-state index in [0.29, 0.717) is 22.0 Å². The highest BCUT2D eigenvalue weighted by molar-refractivity contribution is 6.30. The van der Waals surface area contributed by atoms with Gasteiger partial charge in [-0.1, -0.05) is 35.0 Å². The highest BCUT2D eigenvalue weighted by atomic mass is 35.5. The number of ether oxygens (including phenoxy) is 1. The predicted molar refractivity (Wildman–Crippen MR) is 85.0 cm³/mol. The van der Waals surface area contributed by atoms with Gasteiger partial charge < -0.3 is 9.26 Å². The molecule has 2 aromatic carbocycles. The van der Waals surface area contributed by atoms with Crippen molar-refractivity contribution in [2.24, 2.45) is 0 Å². The molecule has 122 valence electrons.